The van der Waals surface area contributed by atoms with E-state index in [9.17, 15) is 0 Å². The molecule has 0 spiro atoms. The smallest absolute Gasteiger partial charge is 0.0774 e. The molecule has 0 aliphatic rings. The average Bonchev–Trinajstić information content (AvgIpc) is 3.80. The molecule has 5 heteroatoms. The van der Waals surface area contributed by atoms with Crippen LogP contribution < -0.4 is 0 Å². The Bertz CT molecular complexity index is 2490. The minimum atomic E-state index is 0. The number of benzene rings is 6. The largest absolute Gasteiger partial charge is 0.332 e. The van der Waals surface area contributed by atoms with Crippen LogP contribution in [0.1, 0.15) is 26.3 Å². The van der Waals surface area contributed by atoms with Gasteiger partial charge in [-0.3, -0.25) is 16.3 Å². The number of fused-ring (bicyclic) bond motifs is 2. The molecule has 3 aromatic heterocycles. The van der Waals surface area contributed by atoms with Gasteiger partial charge in [-0.2, -0.15) is 0 Å². The number of nitrogens with zero attached hydrogens (tertiary/aromatic N) is 3. The van der Waals surface area contributed by atoms with Crippen molar-refractivity contribution in [2.75, 3.05) is 0 Å². The normalized spacial score (nSPS) is 11.2. The van der Waals surface area contributed by atoms with Gasteiger partial charge in [0.15, 0.2) is 0 Å². The van der Waals surface area contributed by atoms with Gasteiger partial charge in [-0.15, -0.1) is 47.3 Å². The van der Waals surface area contributed by atoms with E-state index in [1.54, 1.807) is 17.5 Å². The molecular weight excluding hydrogens is 843 g/mol. The van der Waals surface area contributed by atoms with Crippen LogP contribution in [-0.4, -0.2) is 14.5 Å². The third-order valence-corrected chi connectivity index (χ3v) is 10.1. The number of rotatable bonds is 5. The average molecular weight is 880 g/mol. The van der Waals surface area contributed by atoms with Crippen molar-refractivity contribution in [3.05, 3.63) is 187 Å². The third-order valence-electron chi connectivity index (χ3n) is 9.24. The fourth-order valence-electron chi connectivity index (χ4n) is 6.59. The maximum absolute atomic E-state index is 5.26. The number of aromatic nitrogens is 3. The van der Waals surface area contributed by atoms with E-state index in [1.165, 1.54) is 37.9 Å². The molecule has 6 aromatic carbocycles. The van der Waals surface area contributed by atoms with Crippen LogP contribution in [0.3, 0.4) is 0 Å². The molecule has 0 aliphatic carbocycles. The van der Waals surface area contributed by atoms with Gasteiger partial charge in [-0.05, 0) is 40.4 Å². The predicted octanol–water partition coefficient (Wildman–Crippen LogP) is 12.9. The topological polar surface area (TPSA) is 30.7 Å². The summed E-state index contributed by atoms with van der Waals surface area (Å²) < 4.78 is 3.59. The molecule has 53 heavy (non-hydrogen) atoms. The third kappa shape index (κ3) is 7.42. The van der Waals surface area contributed by atoms with E-state index in [0.29, 0.717) is 0 Å². The van der Waals surface area contributed by atoms with Crippen LogP contribution in [0.4, 0.5) is 0 Å². The van der Waals surface area contributed by atoms with E-state index in [1.807, 2.05) is 42.5 Å². The maximum atomic E-state index is 5.26. The number of thiophene rings is 1. The first-order valence-corrected chi connectivity index (χ1v) is 18.3. The Labute approximate surface area is 329 Å². The summed E-state index contributed by atoms with van der Waals surface area (Å²) in [5.41, 5.74) is 12.3. The molecule has 0 saturated heterocycles. The van der Waals surface area contributed by atoms with Crippen molar-refractivity contribution in [3.8, 4) is 50.6 Å². The second-order valence-electron chi connectivity index (χ2n) is 13.7. The molecule has 0 fully saturated rings. The standard InChI is InChI=1S/C37H29N2S.C11H8N.Ir/c1-37(2,3)27-21-22-30-31(24-40-34(30)23-27)36-38-32-19-10-11-20-33(32)39(36)35-28(25-13-6-4-7-14-25)17-12-18-29(35)26-15-8-5-9-16-26;1-2-6-10(7-3-1)11-8-4-5-9-12-11;/h4-23H,1-3H3;1-6,8-9H;/q2*-1;. The number of hydrogen-bond acceptors (Lipinski definition) is 3. The number of hydrogen-bond donors (Lipinski definition) is 0. The Morgan fingerprint density at radius 3 is 1.94 bits per heavy atom. The number of para-hydroxylation sites is 3. The van der Waals surface area contributed by atoms with Crippen LogP contribution in [0.2, 0.25) is 0 Å². The van der Waals surface area contributed by atoms with Gasteiger partial charge in [0.25, 0.3) is 0 Å². The maximum Gasteiger partial charge on any atom is 0.0774 e. The zero-order valence-corrected chi connectivity index (χ0v) is 33.0. The fraction of sp³-hybridized carbons (Fsp3) is 0.0833. The van der Waals surface area contributed by atoms with Gasteiger partial charge in [-0.1, -0.05) is 157 Å². The monoisotopic (exact) mass is 880 g/mol. The summed E-state index contributed by atoms with van der Waals surface area (Å²) in [5, 5.41) is 4.84. The summed E-state index contributed by atoms with van der Waals surface area (Å²) in [5.74, 6) is 0.913. The van der Waals surface area contributed by atoms with E-state index < -0.39 is 0 Å². The summed E-state index contributed by atoms with van der Waals surface area (Å²) >= 11 is 1.68. The molecule has 261 valence electrons. The van der Waals surface area contributed by atoms with Crippen molar-refractivity contribution in [2.24, 2.45) is 0 Å². The Balaban J connectivity index is 0.000000284. The van der Waals surface area contributed by atoms with Crippen LogP contribution in [-0.2, 0) is 25.5 Å². The molecule has 0 bridgehead atoms. The van der Waals surface area contributed by atoms with Gasteiger partial charge < -0.3 is 9.55 Å². The van der Waals surface area contributed by atoms with Crippen LogP contribution in [0.5, 0.6) is 0 Å². The molecule has 0 N–H and O–H groups in total. The van der Waals surface area contributed by atoms with E-state index in [0.717, 1.165) is 39.4 Å². The molecule has 9 aromatic rings. The van der Waals surface area contributed by atoms with Crippen LogP contribution in [0.15, 0.2) is 170 Å². The SMILES string of the molecule is CC(C)(C)c1ccc2c(-c3nc4ccccc4n3-c3c(-c4ccccc4)cccc3-c3ccccc3)[c-]sc2c1.[Ir].[c-]1ccccc1-c1ccccn1. The Morgan fingerprint density at radius 1 is 0.642 bits per heavy atom. The van der Waals surface area contributed by atoms with Crippen LogP contribution in [0.25, 0.3) is 71.7 Å². The summed E-state index contributed by atoms with van der Waals surface area (Å²) in [6.07, 6.45) is 1.79. The Kier molecular flexibility index (Phi) is 10.6. The van der Waals surface area contributed by atoms with Crippen molar-refractivity contribution in [1.82, 2.24) is 14.5 Å². The van der Waals surface area contributed by atoms with Gasteiger partial charge >= 0.3 is 0 Å². The molecule has 3 heterocycles. The van der Waals surface area contributed by atoms with Crippen molar-refractivity contribution < 1.29 is 20.1 Å². The van der Waals surface area contributed by atoms with Crippen LogP contribution in [0, 0.1) is 11.4 Å². The Morgan fingerprint density at radius 2 is 1.30 bits per heavy atom. The minimum Gasteiger partial charge on any atom is -0.332 e. The first-order chi connectivity index (χ1) is 25.5. The van der Waals surface area contributed by atoms with Crippen molar-refractivity contribution >= 4 is 32.5 Å². The van der Waals surface area contributed by atoms with Crippen LogP contribution >= 0.6 is 11.3 Å². The predicted molar refractivity (Wildman–Crippen MR) is 219 cm³/mol. The molecule has 0 aliphatic heterocycles. The van der Waals surface area contributed by atoms with Gasteiger partial charge in [0.05, 0.1) is 22.5 Å². The Hall–Kier alpha value is -5.45. The molecular formula is C48H37IrN3S-2. The first kappa shape index (κ1) is 35.9. The van der Waals surface area contributed by atoms with Gasteiger partial charge in [-0.25, -0.2) is 0 Å². The second kappa shape index (κ2) is 15.7. The molecule has 3 nitrogen and oxygen atoms in total. The quantitative estimate of drug-likeness (QED) is 0.161. The second-order valence-corrected chi connectivity index (χ2v) is 14.6. The van der Waals surface area contributed by atoms with Crippen molar-refractivity contribution in [3.63, 3.8) is 0 Å². The molecule has 0 saturated carbocycles. The summed E-state index contributed by atoms with van der Waals surface area (Å²) in [6, 6.07) is 60.0. The molecule has 1 radical (unpaired) electrons. The summed E-state index contributed by atoms with van der Waals surface area (Å²) in [4.78, 5) is 9.48. The molecule has 0 unspecified atom stereocenters. The van der Waals surface area contributed by atoms with E-state index in [2.05, 4.69) is 163 Å². The fourth-order valence-corrected chi connectivity index (χ4v) is 7.47. The first-order valence-electron chi connectivity index (χ1n) is 17.5. The van der Waals surface area contributed by atoms with Crippen molar-refractivity contribution in [1.29, 1.82) is 0 Å². The zero-order chi connectivity index (χ0) is 35.5. The number of pyridine rings is 1. The van der Waals surface area contributed by atoms with Gasteiger partial charge in [0.1, 0.15) is 0 Å². The number of imidazole rings is 1. The zero-order valence-electron chi connectivity index (χ0n) is 29.7. The minimum absolute atomic E-state index is 0. The molecule has 0 amide bonds. The molecule has 9 rings (SSSR count). The van der Waals surface area contributed by atoms with Gasteiger partial charge in [0.2, 0.25) is 0 Å². The summed E-state index contributed by atoms with van der Waals surface area (Å²) in [7, 11) is 0. The van der Waals surface area contributed by atoms with Gasteiger partial charge in [0, 0.05) is 37.4 Å². The van der Waals surface area contributed by atoms with E-state index in [4.69, 9.17) is 4.98 Å². The van der Waals surface area contributed by atoms with E-state index in [-0.39, 0.29) is 25.5 Å². The van der Waals surface area contributed by atoms with E-state index >= 15 is 0 Å². The summed E-state index contributed by atoms with van der Waals surface area (Å²) in [6.45, 7) is 6.78. The van der Waals surface area contributed by atoms with Crippen molar-refractivity contribution in [2.45, 2.75) is 26.2 Å². The molecule has 0 atom stereocenters.